The molecule has 0 aromatic carbocycles. The van der Waals surface area contributed by atoms with E-state index in [1.54, 1.807) is 7.11 Å². The lowest BCUT2D eigenvalue weighted by molar-refractivity contribution is 0.155. The zero-order valence-electron chi connectivity index (χ0n) is 8.73. The third kappa shape index (κ3) is 8.02. The molecule has 74 valence electrons. The Morgan fingerprint density at radius 3 is 2.67 bits per heavy atom. The fourth-order valence-corrected chi connectivity index (χ4v) is 1.14. The van der Waals surface area contributed by atoms with E-state index in [9.17, 15) is 0 Å². The molecule has 0 saturated heterocycles. The van der Waals surface area contributed by atoms with Crippen LogP contribution in [0.2, 0.25) is 0 Å². The van der Waals surface area contributed by atoms with Crippen LogP contribution >= 0.6 is 0 Å². The van der Waals surface area contributed by atoms with Crippen LogP contribution < -0.4 is 5.32 Å². The van der Waals surface area contributed by atoms with E-state index >= 15 is 0 Å². The van der Waals surface area contributed by atoms with Gasteiger partial charge in [0, 0.05) is 13.7 Å². The van der Waals surface area contributed by atoms with Crippen LogP contribution in [0.1, 0.15) is 33.1 Å². The van der Waals surface area contributed by atoms with Gasteiger partial charge in [-0.05, 0) is 31.8 Å². The summed E-state index contributed by atoms with van der Waals surface area (Å²) in [7, 11) is 1.76. The van der Waals surface area contributed by atoms with Gasteiger partial charge in [0.2, 0.25) is 0 Å². The lowest BCUT2D eigenvalue weighted by Crippen LogP contribution is -2.19. The van der Waals surface area contributed by atoms with Gasteiger partial charge >= 0.3 is 0 Å². The van der Waals surface area contributed by atoms with E-state index in [0.29, 0.717) is 5.92 Å². The zero-order valence-corrected chi connectivity index (χ0v) is 8.73. The van der Waals surface area contributed by atoms with Crippen molar-refractivity contribution in [3.05, 3.63) is 0 Å². The van der Waals surface area contributed by atoms with Gasteiger partial charge in [0.05, 0.1) is 0 Å². The third-order valence-electron chi connectivity index (χ3n) is 1.97. The summed E-state index contributed by atoms with van der Waals surface area (Å²) in [5, 5.41) is 3.42. The Kier molecular flexibility index (Phi) is 8.95. The maximum atomic E-state index is 5.05. The molecule has 0 amide bonds. The van der Waals surface area contributed by atoms with Crippen molar-refractivity contribution in [2.24, 2.45) is 5.92 Å². The van der Waals surface area contributed by atoms with Gasteiger partial charge in [-0.1, -0.05) is 20.3 Å². The van der Waals surface area contributed by atoms with Crippen LogP contribution in [0.15, 0.2) is 0 Å². The van der Waals surface area contributed by atoms with Crippen LogP contribution in [-0.4, -0.2) is 26.8 Å². The van der Waals surface area contributed by atoms with Gasteiger partial charge < -0.3 is 10.1 Å². The lowest BCUT2D eigenvalue weighted by Gasteiger charge is -2.10. The summed E-state index contributed by atoms with van der Waals surface area (Å²) in [5.41, 5.74) is 0. The van der Waals surface area contributed by atoms with E-state index in [-0.39, 0.29) is 0 Å². The van der Waals surface area contributed by atoms with E-state index in [2.05, 4.69) is 19.2 Å². The molecule has 0 aliphatic carbocycles. The van der Waals surface area contributed by atoms with Crippen LogP contribution in [-0.2, 0) is 4.74 Å². The Bertz CT molecular complexity index is 85.9. The molecule has 0 saturated carbocycles. The topological polar surface area (TPSA) is 21.3 Å². The highest BCUT2D eigenvalue weighted by Crippen LogP contribution is 1.99. The number of nitrogens with one attached hydrogen (secondary N) is 1. The summed E-state index contributed by atoms with van der Waals surface area (Å²) < 4.78 is 5.05. The van der Waals surface area contributed by atoms with Crippen molar-refractivity contribution in [1.82, 2.24) is 5.32 Å². The molecule has 0 spiro atoms. The first-order valence-corrected chi connectivity index (χ1v) is 5.00. The molecule has 0 aromatic heterocycles. The number of ether oxygens (including phenoxy) is 1. The number of hydrogen-bond acceptors (Lipinski definition) is 2. The highest BCUT2D eigenvalue weighted by atomic mass is 16.5. The fraction of sp³-hybridized carbons (Fsp3) is 1.00. The second-order valence-electron chi connectivity index (χ2n) is 3.45. The summed E-state index contributed by atoms with van der Waals surface area (Å²) in [6, 6.07) is 0. The zero-order chi connectivity index (χ0) is 9.23. The van der Waals surface area contributed by atoms with Crippen LogP contribution in [0.25, 0.3) is 0 Å². The molecule has 1 atom stereocenters. The first-order valence-electron chi connectivity index (χ1n) is 5.00. The standard InChI is InChI=1S/C10H23NO/c1-4-5-7-11-8-6-10(2)9-12-3/h10-11H,4-9H2,1-3H3. The average Bonchev–Trinajstić information content (AvgIpc) is 2.05. The van der Waals surface area contributed by atoms with Crippen molar-refractivity contribution in [3.8, 4) is 0 Å². The second kappa shape index (κ2) is 9.01. The largest absolute Gasteiger partial charge is 0.384 e. The summed E-state index contributed by atoms with van der Waals surface area (Å²) in [6.45, 7) is 7.62. The molecule has 12 heavy (non-hydrogen) atoms. The Hall–Kier alpha value is -0.0800. The van der Waals surface area contributed by atoms with Crippen LogP contribution in [0.5, 0.6) is 0 Å². The van der Waals surface area contributed by atoms with Gasteiger partial charge in [0.1, 0.15) is 0 Å². The minimum atomic E-state index is 0.684. The van der Waals surface area contributed by atoms with Crippen molar-refractivity contribution < 1.29 is 4.74 Å². The van der Waals surface area contributed by atoms with E-state index < -0.39 is 0 Å². The molecule has 0 fully saturated rings. The Morgan fingerprint density at radius 1 is 1.33 bits per heavy atom. The van der Waals surface area contributed by atoms with E-state index in [1.165, 1.54) is 19.3 Å². The summed E-state index contributed by atoms with van der Waals surface area (Å²) in [6.07, 6.45) is 3.79. The van der Waals surface area contributed by atoms with E-state index in [1.807, 2.05) is 0 Å². The first kappa shape index (κ1) is 11.9. The number of methoxy groups -OCH3 is 1. The maximum Gasteiger partial charge on any atom is 0.0488 e. The van der Waals surface area contributed by atoms with Gasteiger partial charge in [-0.25, -0.2) is 0 Å². The Balaban J connectivity index is 2.97. The van der Waals surface area contributed by atoms with Gasteiger partial charge in [0.25, 0.3) is 0 Å². The molecule has 0 aliphatic heterocycles. The first-order chi connectivity index (χ1) is 5.81. The molecule has 0 radical (unpaired) electrons. The smallest absolute Gasteiger partial charge is 0.0488 e. The number of hydrogen-bond donors (Lipinski definition) is 1. The van der Waals surface area contributed by atoms with Crippen LogP contribution in [0.4, 0.5) is 0 Å². The maximum absolute atomic E-state index is 5.05. The van der Waals surface area contributed by atoms with Crippen LogP contribution in [0.3, 0.4) is 0 Å². The highest BCUT2D eigenvalue weighted by molar-refractivity contribution is 4.54. The molecular formula is C10H23NO. The van der Waals surface area contributed by atoms with E-state index in [4.69, 9.17) is 4.74 Å². The SMILES string of the molecule is CCCCNCCC(C)COC. The highest BCUT2D eigenvalue weighted by Gasteiger charge is 1.99. The van der Waals surface area contributed by atoms with Gasteiger partial charge in [-0.3, -0.25) is 0 Å². The van der Waals surface area contributed by atoms with Crippen molar-refractivity contribution in [2.75, 3.05) is 26.8 Å². The molecule has 0 rings (SSSR count). The Morgan fingerprint density at radius 2 is 2.08 bits per heavy atom. The van der Waals surface area contributed by atoms with Crippen molar-refractivity contribution >= 4 is 0 Å². The van der Waals surface area contributed by atoms with Gasteiger partial charge in [-0.2, -0.15) is 0 Å². The minimum Gasteiger partial charge on any atom is -0.384 e. The third-order valence-corrected chi connectivity index (χ3v) is 1.97. The molecule has 0 aliphatic rings. The lowest BCUT2D eigenvalue weighted by atomic mass is 10.1. The van der Waals surface area contributed by atoms with Crippen molar-refractivity contribution in [1.29, 1.82) is 0 Å². The summed E-state index contributed by atoms with van der Waals surface area (Å²) >= 11 is 0. The predicted molar refractivity (Wildman–Crippen MR) is 53.4 cm³/mol. The normalized spacial score (nSPS) is 13.2. The molecular weight excluding hydrogens is 150 g/mol. The fourth-order valence-electron chi connectivity index (χ4n) is 1.14. The molecule has 0 bridgehead atoms. The molecule has 0 heterocycles. The van der Waals surface area contributed by atoms with Gasteiger partial charge in [0.15, 0.2) is 0 Å². The minimum absolute atomic E-state index is 0.684. The predicted octanol–water partition coefficient (Wildman–Crippen LogP) is 2.05. The Labute approximate surface area is 76.7 Å². The monoisotopic (exact) mass is 173 g/mol. The molecule has 1 unspecified atom stereocenters. The molecule has 2 heteroatoms. The molecule has 2 nitrogen and oxygen atoms in total. The molecule has 0 aromatic rings. The van der Waals surface area contributed by atoms with Gasteiger partial charge in [-0.15, -0.1) is 0 Å². The van der Waals surface area contributed by atoms with Crippen molar-refractivity contribution in [2.45, 2.75) is 33.1 Å². The summed E-state index contributed by atoms with van der Waals surface area (Å²) in [5.74, 6) is 0.684. The quantitative estimate of drug-likeness (QED) is 0.567. The molecule has 1 N–H and O–H groups in total. The van der Waals surface area contributed by atoms with Crippen LogP contribution in [0, 0.1) is 5.92 Å². The second-order valence-corrected chi connectivity index (χ2v) is 3.45. The summed E-state index contributed by atoms with van der Waals surface area (Å²) in [4.78, 5) is 0. The van der Waals surface area contributed by atoms with E-state index in [0.717, 1.165) is 19.7 Å². The average molecular weight is 173 g/mol. The number of rotatable bonds is 8. The number of unbranched alkanes of at least 4 members (excludes halogenated alkanes) is 1. The van der Waals surface area contributed by atoms with Crippen molar-refractivity contribution in [3.63, 3.8) is 0 Å².